The number of aromatic nitrogens is 3. The second-order valence-electron chi connectivity index (χ2n) is 7.07. The molecule has 1 aliphatic rings. The van der Waals surface area contributed by atoms with Gasteiger partial charge in [0.1, 0.15) is 5.82 Å². The topological polar surface area (TPSA) is 75.4 Å². The maximum absolute atomic E-state index is 12.5. The molecule has 8 heteroatoms. The zero-order valence-electron chi connectivity index (χ0n) is 15.4. The summed E-state index contributed by atoms with van der Waals surface area (Å²) < 4.78 is 5.14. The Morgan fingerprint density at radius 3 is 2.54 bits per heavy atom. The van der Waals surface area contributed by atoms with Gasteiger partial charge in [-0.1, -0.05) is 12.1 Å². The average Bonchev–Trinajstić information content (AvgIpc) is 3.17. The summed E-state index contributed by atoms with van der Waals surface area (Å²) in [5.41, 5.74) is 0.306. The largest absolute Gasteiger partial charge is 0.353 e. The lowest BCUT2D eigenvalue weighted by Crippen LogP contribution is -2.52. The van der Waals surface area contributed by atoms with Crippen molar-refractivity contribution in [1.29, 1.82) is 0 Å². The number of alkyl halides is 1. The Morgan fingerprint density at radius 1 is 1.27 bits per heavy atom. The molecule has 2 aromatic heterocycles. The zero-order chi connectivity index (χ0) is 18.7. The molecule has 140 valence electrons. The van der Waals surface area contributed by atoms with Gasteiger partial charge in [-0.25, -0.2) is 4.98 Å². The van der Waals surface area contributed by atoms with Crippen molar-refractivity contribution in [2.45, 2.75) is 27.2 Å². The first-order chi connectivity index (χ1) is 12.4. The number of hydrogen-bond acceptors (Lipinski definition) is 6. The van der Waals surface area contributed by atoms with Crippen molar-refractivity contribution < 1.29 is 9.32 Å². The van der Waals surface area contributed by atoms with E-state index in [-0.39, 0.29) is 5.91 Å². The van der Waals surface area contributed by atoms with Crippen LogP contribution in [0.4, 0.5) is 5.82 Å². The van der Waals surface area contributed by atoms with Gasteiger partial charge in [-0.15, -0.1) is 11.6 Å². The van der Waals surface area contributed by atoms with Crippen molar-refractivity contribution in [2.75, 3.05) is 37.0 Å². The Labute approximate surface area is 158 Å². The van der Waals surface area contributed by atoms with Crippen molar-refractivity contribution >= 4 is 23.3 Å². The van der Waals surface area contributed by atoms with Gasteiger partial charge in [0.05, 0.1) is 5.41 Å². The number of carbonyl (C=O) groups is 1. The molecule has 0 saturated carbocycles. The van der Waals surface area contributed by atoms with Gasteiger partial charge in [-0.05, 0) is 26.0 Å². The molecule has 1 fully saturated rings. The van der Waals surface area contributed by atoms with E-state index in [0.29, 0.717) is 37.1 Å². The van der Waals surface area contributed by atoms with E-state index < -0.39 is 5.41 Å². The van der Waals surface area contributed by atoms with Gasteiger partial charge in [0.25, 0.3) is 0 Å². The van der Waals surface area contributed by atoms with Crippen LogP contribution in [-0.2, 0) is 11.2 Å². The minimum absolute atomic E-state index is 0.110. The third-order valence-electron chi connectivity index (χ3n) is 4.58. The predicted octanol–water partition coefficient (Wildman–Crippen LogP) is 2.61. The first-order valence-corrected chi connectivity index (χ1v) is 9.37. The lowest BCUT2D eigenvalue weighted by molar-refractivity contribution is -0.139. The third-order valence-corrected chi connectivity index (χ3v) is 5.25. The lowest BCUT2D eigenvalue weighted by Gasteiger charge is -2.38. The summed E-state index contributed by atoms with van der Waals surface area (Å²) in [7, 11) is 0. The Kier molecular flexibility index (Phi) is 5.46. The van der Waals surface area contributed by atoms with Crippen LogP contribution in [0.15, 0.2) is 22.9 Å². The van der Waals surface area contributed by atoms with Crippen LogP contribution in [0.3, 0.4) is 0 Å². The molecule has 0 aliphatic carbocycles. The summed E-state index contributed by atoms with van der Waals surface area (Å²) in [6.45, 7) is 8.59. The molecule has 0 N–H and O–H groups in total. The van der Waals surface area contributed by atoms with E-state index in [2.05, 4.69) is 20.0 Å². The minimum Gasteiger partial charge on any atom is -0.353 e. The molecule has 0 unspecified atom stereocenters. The SMILES string of the molecule is CCc1nc(-c2ccc(N3CCN(C(=O)C(C)(C)CCl)CC3)nc2)no1. The second kappa shape index (κ2) is 7.61. The highest BCUT2D eigenvalue weighted by molar-refractivity contribution is 6.19. The van der Waals surface area contributed by atoms with Gasteiger partial charge in [0, 0.05) is 50.2 Å². The van der Waals surface area contributed by atoms with E-state index in [4.69, 9.17) is 16.1 Å². The quantitative estimate of drug-likeness (QED) is 0.745. The van der Waals surface area contributed by atoms with E-state index in [0.717, 1.165) is 24.5 Å². The van der Waals surface area contributed by atoms with Gasteiger partial charge < -0.3 is 14.3 Å². The molecule has 7 nitrogen and oxygen atoms in total. The fourth-order valence-electron chi connectivity index (χ4n) is 2.84. The van der Waals surface area contributed by atoms with Crippen molar-refractivity contribution in [3.63, 3.8) is 0 Å². The van der Waals surface area contributed by atoms with Gasteiger partial charge in [0.2, 0.25) is 17.6 Å². The van der Waals surface area contributed by atoms with Crippen molar-refractivity contribution in [3.8, 4) is 11.4 Å². The molecule has 1 aliphatic heterocycles. The highest BCUT2D eigenvalue weighted by Crippen LogP contribution is 2.23. The van der Waals surface area contributed by atoms with Crippen molar-refractivity contribution in [2.24, 2.45) is 5.41 Å². The molecule has 0 aromatic carbocycles. The number of carbonyl (C=O) groups excluding carboxylic acids is 1. The van der Waals surface area contributed by atoms with Crippen LogP contribution in [0, 0.1) is 5.41 Å². The van der Waals surface area contributed by atoms with E-state index in [1.165, 1.54) is 0 Å². The number of anilines is 1. The minimum atomic E-state index is -0.522. The first kappa shape index (κ1) is 18.6. The number of nitrogens with zero attached hydrogens (tertiary/aromatic N) is 5. The summed E-state index contributed by atoms with van der Waals surface area (Å²) >= 11 is 5.92. The predicted molar refractivity (Wildman–Crippen MR) is 100 cm³/mol. The van der Waals surface area contributed by atoms with Crippen molar-refractivity contribution in [1.82, 2.24) is 20.0 Å². The molecular formula is C18H24ClN5O2. The maximum atomic E-state index is 12.5. The van der Waals surface area contributed by atoms with Crippen LogP contribution in [-0.4, -0.2) is 58.0 Å². The van der Waals surface area contributed by atoms with Gasteiger partial charge in [-0.3, -0.25) is 4.79 Å². The molecule has 1 amide bonds. The smallest absolute Gasteiger partial charge is 0.229 e. The molecule has 26 heavy (non-hydrogen) atoms. The summed E-state index contributed by atoms with van der Waals surface area (Å²) in [6.07, 6.45) is 2.47. The highest BCUT2D eigenvalue weighted by Gasteiger charge is 2.33. The Balaban J connectivity index is 1.62. The zero-order valence-corrected chi connectivity index (χ0v) is 16.2. The number of rotatable bonds is 5. The van der Waals surface area contributed by atoms with E-state index >= 15 is 0 Å². The fraction of sp³-hybridized carbons (Fsp3) is 0.556. The monoisotopic (exact) mass is 377 g/mol. The number of hydrogen-bond donors (Lipinski definition) is 0. The molecule has 0 atom stereocenters. The van der Waals surface area contributed by atoms with Gasteiger partial charge >= 0.3 is 0 Å². The number of amides is 1. The molecule has 3 rings (SSSR count). The van der Waals surface area contributed by atoms with Crippen LogP contribution in [0.1, 0.15) is 26.7 Å². The Morgan fingerprint density at radius 2 is 2.00 bits per heavy atom. The van der Waals surface area contributed by atoms with E-state index in [1.54, 1.807) is 6.20 Å². The summed E-state index contributed by atoms with van der Waals surface area (Å²) in [4.78, 5) is 25.4. The molecule has 0 radical (unpaired) electrons. The number of aryl methyl sites for hydroxylation is 1. The Bertz CT molecular complexity index is 751. The molecule has 0 bridgehead atoms. The average molecular weight is 378 g/mol. The second-order valence-corrected chi connectivity index (χ2v) is 7.33. The summed E-state index contributed by atoms with van der Waals surface area (Å²) in [5, 5.41) is 3.97. The summed E-state index contributed by atoms with van der Waals surface area (Å²) in [6, 6.07) is 3.90. The van der Waals surface area contributed by atoms with Crippen LogP contribution in [0.25, 0.3) is 11.4 Å². The normalized spacial score (nSPS) is 15.4. The maximum Gasteiger partial charge on any atom is 0.229 e. The van der Waals surface area contributed by atoms with Gasteiger partial charge in [0.15, 0.2) is 0 Å². The van der Waals surface area contributed by atoms with Crippen LogP contribution in [0.5, 0.6) is 0 Å². The van der Waals surface area contributed by atoms with E-state index in [9.17, 15) is 4.79 Å². The van der Waals surface area contributed by atoms with Crippen LogP contribution >= 0.6 is 11.6 Å². The van der Waals surface area contributed by atoms with Crippen molar-refractivity contribution in [3.05, 3.63) is 24.2 Å². The number of piperazine rings is 1. The lowest BCUT2D eigenvalue weighted by atomic mass is 9.94. The Hall–Kier alpha value is -2.15. The first-order valence-electron chi connectivity index (χ1n) is 8.84. The molecule has 1 saturated heterocycles. The molecule has 3 heterocycles. The van der Waals surface area contributed by atoms with E-state index in [1.807, 2.05) is 37.8 Å². The molecular weight excluding hydrogens is 354 g/mol. The third kappa shape index (κ3) is 3.82. The molecule has 2 aromatic rings. The fourth-order valence-corrected chi connectivity index (χ4v) is 2.96. The number of pyridine rings is 1. The summed E-state index contributed by atoms with van der Waals surface area (Å²) in [5.74, 6) is 2.49. The van der Waals surface area contributed by atoms with Gasteiger partial charge in [-0.2, -0.15) is 4.98 Å². The standard InChI is InChI=1S/C18H24ClN5O2/c1-4-15-21-16(22-26-15)13-5-6-14(20-11-13)23-7-9-24(10-8-23)17(25)18(2,3)12-19/h5-6,11H,4,7-10,12H2,1-3H3. The highest BCUT2D eigenvalue weighted by atomic mass is 35.5. The number of halogens is 1. The molecule has 0 spiro atoms. The van der Waals surface area contributed by atoms with Crippen LogP contribution in [0.2, 0.25) is 0 Å². The van der Waals surface area contributed by atoms with Crippen LogP contribution < -0.4 is 4.90 Å².